The van der Waals surface area contributed by atoms with Crippen LogP contribution in [0.15, 0.2) is 48.9 Å². The van der Waals surface area contributed by atoms with Gasteiger partial charge in [-0.2, -0.15) is 5.10 Å². The van der Waals surface area contributed by atoms with E-state index in [1.807, 2.05) is 18.2 Å². The van der Waals surface area contributed by atoms with Gasteiger partial charge in [0, 0.05) is 12.4 Å². The largest absolute Gasteiger partial charge is 0.317 e. The van der Waals surface area contributed by atoms with Crippen LogP contribution in [0, 0.1) is 0 Å². The molecule has 0 atom stereocenters. The zero-order valence-corrected chi connectivity index (χ0v) is 11.5. The Morgan fingerprint density at radius 2 is 2.00 bits per heavy atom. The summed E-state index contributed by atoms with van der Waals surface area (Å²) in [6, 6.07) is 8.75. The molecule has 0 fully saturated rings. The van der Waals surface area contributed by atoms with Gasteiger partial charge in [0.05, 0.1) is 22.6 Å². The first-order valence-electron chi connectivity index (χ1n) is 6.12. The van der Waals surface area contributed by atoms with Crippen LogP contribution in [-0.4, -0.2) is 26.1 Å². The lowest BCUT2D eigenvalue weighted by molar-refractivity contribution is 0.102. The second-order valence-electron chi connectivity index (χ2n) is 4.16. The third-order valence-corrected chi connectivity index (χ3v) is 3.09. The van der Waals surface area contributed by atoms with Gasteiger partial charge >= 0.3 is 0 Å². The molecule has 0 spiro atoms. The molecular weight excluding hydrogens is 290 g/mol. The maximum atomic E-state index is 12.2. The van der Waals surface area contributed by atoms with Crippen molar-refractivity contribution in [2.24, 2.45) is 0 Å². The van der Waals surface area contributed by atoms with Gasteiger partial charge in [0.25, 0.3) is 5.91 Å². The number of carbonyl (C=O) groups excluding carboxylic acids is 1. The fraction of sp³-hybridized carbons (Fsp3) is 0. The van der Waals surface area contributed by atoms with E-state index in [-0.39, 0.29) is 10.7 Å². The number of H-pyrrole nitrogens is 1. The fourth-order valence-electron chi connectivity index (χ4n) is 1.82. The highest BCUT2D eigenvalue weighted by atomic mass is 35.5. The molecule has 21 heavy (non-hydrogen) atoms. The van der Waals surface area contributed by atoms with Crippen molar-refractivity contribution in [2.75, 3.05) is 5.32 Å². The van der Waals surface area contributed by atoms with Crippen LogP contribution in [0.4, 0.5) is 5.69 Å². The van der Waals surface area contributed by atoms with Crippen molar-refractivity contribution < 1.29 is 4.79 Å². The van der Waals surface area contributed by atoms with Gasteiger partial charge in [-0.3, -0.25) is 14.9 Å². The Hall–Kier alpha value is -2.73. The molecule has 0 aliphatic heterocycles. The number of rotatable bonds is 3. The van der Waals surface area contributed by atoms with Gasteiger partial charge in [-0.05, 0) is 24.3 Å². The average Bonchev–Trinajstić information content (AvgIpc) is 2.96. The Bertz CT molecular complexity index is 772. The SMILES string of the molecule is O=C(Nc1cn[nH]c1-c1ccccn1)c1ncccc1Cl. The standard InChI is InChI=1S/C14H10ClN5O/c15-9-4-3-7-17-12(9)14(21)19-11-8-18-20-13(11)10-5-1-2-6-16-10/h1-8H,(H,18,20)(H,19,21). The molecule has 3 rings (SSSR count). The quantitative estimate of drug-likeness (QED) is 0.779. The van der Waals surface area contributed by atoms with Gasteiger partial charge < -0.3 is 5.32 Å². The number of hydrogen-bond acceptors (Lipinski definition) is 4. The Morgan fingerprint density at radius 1 is 1.14 bits per heavy atom. The zero-order chi connectivity index (χ0) is 14.7. The maximum Gasteiger partial charge on any atom is 0.275 e. The van der Waals surface area contributed by atoms with Gasteiger partial charge in [-0.1, -0.05) is 17.7 Å². The Balaban J connectivity index is 1.89. The van der Waals surface area contributed by atoms with E-state index in [1.54, 1.807) is 18.3 Å². The molecule has 0 saturated heterocycles. The highest BCUT2D eigenvalue weighted by Crippen LogP contribution is 2.24. The number of halogens is 1. The van der Waals surface area contributed by atoms with Crippen molar-refractivity contribution >= 4 is 23.2 Å². The van der Waals surface area contributed by atoms with E-state index < -0.39 is 5.91 Å². The molecule has 7 heteroatoms. The summed E-state index contributed by atoms with van der Waals surface area (Å²) in [5.74, 6) is -0.404. The predicted molar refractivity (Wildman–Crippen MR) is 79.0 cm³/mol. The molecule has 0 aliphatic carbocycles. The maximum absolute atomic E-state index is 12.2. The summed E-state index contributed by atoms with van der Waals surface area (Å²) in [7, 11) is 0. The number of aromatic nitrogens is 4. The van der Waals surface area contributed by atoms with Gasteiger partial charge in [0.1, 0.15) is 11.4 Å². The number of aromatic amines is 1. The lowest BCUT2D eigenvalue weighted by atomic mass is 10.2. The lowest BCUT2D eigenvalue weighted by Crippen LogP contribution is -2.14. The smallest absolute Gasteiger partial charge is 0.275 e. The summed E-state index contributed by atoms with van der Waals surface area (Å²) in [5.41, 5.74) is 1.97. The van der Waals surface area contributed by atoms with Gasteiger partial charge in [0.2, 0.25) is 0 Å². The van der Waals surface area contributed by atoms with Crippen molar-refractivity contribution in [3.63, 3.8) is 0 Å². The molecule has 0 saturated carbocycles. The molecule has 0 radical (unpaired) electrons. The number of nitrogens with zero attached hydrogens (tertiary/aromatic N) is 3. The fourth-order valence-corrected chi connectivity index (χ4v) is 2.03. The Labute approximate surface area is 125 Å². The summed E-state index contributed by atoms with van der Waals surface area (Å²) in [6.45, 7) is 0. The number of pyridine rings is 2. The first-order chi connectivity index (χ1) is 10.3. The highest BCUT2D eigenvalue weighted by Gasteiger charge is 2.15. The summed E-state index contributed by atoms with van der Waals surface area (Å²) in [5, 5.41) is 9.76. The molecule has 3 heterocycles. The van der Waals surface area contributed by atoms with Crippen molar-refractivity contribution in [2.45, 2.75) is 0 Å². The summed E-state index contributed by atoms with van der Waals surface area (Å²) in [6.07, 6.45) is 4.69. The van der Waals surface area contributed by atoms with E-state index in [0.717, 1.165) is 0 Å². The molecule has 0 aliphatic rings. The van der Waals surface area contributed by atoms with Crippen LogP contribution in [0.25, 0.3) is 11.4 Å². The number of hydrogen-bond donors (Lipinski definition) is 2. The molecule has 2 N–H and O–H groups in total. The molecular formula is C14H10ClN5O. The molecule has 104 valence electrons. The minimum absolute atomic E-state index is 0.160. The number of nitrogens with one attached hydrogen (secondary N) is 2. The summed E-state index contributed by atoms with van der Waals surface area (Å²) >= 11 is 5.96. The molecule has 6 nitrogen and oxygen atoms in total. The number of anilines is 1. The van der Waals surface area contributed by atoms with Gasteiger partial charge in [-0.15, -0.1) is 0 Å². The molecule has 0 aromatic carbocycles. The topological polar surface area (TPSA) is 83.6 Å². The Morgan fingerprint density at radius 3 is 2.76 bits per heavy atom. The second kappa shape index (κ2) is 5.72. The minimum atomic E-state index is -0.404. The first kappa shape index (κ1) is 13.3. The van der Waals surface area contributed by atoms with E-state index in [4.69, 9.17) is 11.6 Å². The van der Waals surface area contributed by atoms with E-state index in [0.29, 0.717) is 17.1 Å². The Kier molecular flexibility index (Phi) is 3.61. The van der Waals surface area contributed by atoms with E-state index in [9.17, 15) is 4.79 Å². The second-order valence-corrected chi connectivity index (χ2v) is 4.57. The molecule has 3 aromatic heterocycles. The van der Waals surface area contributed by atoms with Crippen LogP contribution in [0.2, 0.25) is 5.02 Å². The van der Waals surface area contributed by atoms with Crippen LogP contribution < -0.4 is 5.32 Å². The van der Waals surface area contributed by atoms with Crippen LogP contribution in [0.5, 0.6) is 0 Å². The highest BCUT2D eigenvalue weighted by molar-refractivity contribution is 6.34. The summed E-state index contributed by atoms with van der Waals surface area (Å²) < 4.78 is 0. The molecule has 0 unspecified atom stereocenters. The van der Waals surface area contributed by atoms with Crippen molar-refractivity contribution in [3.05, 3.63) is 59.6 Å². The molecule has 0 bridgehead atoms. The van der Waals surface area contributed by atoms with Crippen LogP contribution in [0.3, 0.4) is 0 Å². The van der Waals surface area contributed by atoms with Crippen LogP contribution in [-0.2, 0) is 0 Å². The van der Waals surface area contributed by atoms with Crippen molar-refractivity contribution in [1.82, 2.24) is 20.2 Å². The number of carbonyl (C=O) groups is 1. The van der Waals surface area contributed by atoms with Crippen LogP contribution in [0.1, 0.15) is 10.5 Å². The van der Waals surface area contributed by atoms with Crippen LogP contribution >= 0.6 is 11.6 Å². The van der Waals surface area contributed by atoms with Gasteiger partial charge in [0.15, 0.2) is 0 Å². The monoisotopic (exact) mass is 299 g/mol. The normalized spacial score (nSPS) is 10.3. The van der Waals surface area contributed by atoms with Crippen molar-refractivity contribution in [3.8, 4) is 11.4 Å². The molecule has 3 aromatic rings. The van der Waals surface area contributed by atoms with E-state index in [1.165, 1.54) is 12.4 Å². The lowest BCUT2D eigenvalue weighted by Gasteiger charge is -2.06. The minimum Gasteiger partial charge on any atom is -0.317 e. The van der Waals surface area contributed by atoms with E-state index >= 15 is 0 Å². The van der Waals surface area contributed by atoms with Gasteiger partial charge in [-0.25, -0.2) is 4.98 Å². The van der Waals surface area contributed by atoms with Crippen molar-refractivity contribution in [1.29, 1.82) is 0 Å². The average molecular weight is 300 g/mol. The third-order valence-electron chi connectivity index (χ3n) is 2.78. The molecule has 1 amide bonds. The first-order valence-corrected chi connectivity index (χ1v) is 6.50. The zero-order valence-electron chi connectivity index (χ0n) is 10.7. The van der Waals surface area contributed by atoms with E-state index in [2.05, 4.69) is 25.5 Å². The predicted octanol–water partition coefficient (Wildman–Crippen LogP) is 2.77. The summed E-state index contributed by atoms with van der Waals surface area (Å²) in [4.78, 5) is 20.4. The third kappa shape index (κ3) is 2.75. The number of amides is 1.